The van der Waals surface area contributed by atoms with Crippen molar-refractivity contribution < 1.29 is 18.7 Å². The zero-order valence-corrected chi connectivity index (χ0v) is 14.6. The predicted molar refractivity (Wildman–Crippen MR) is 96.1 cm³/mol. The van der Waals surface area contributed by atoms with Crippen molar-refractivity contribution in [3.05, 3.63) is 64.7 Å². The van der Waals surface area contributed by atoms with Gasteiger partial charge in [0.15, 0.2) is 0 Å². The monoisotopic (exact) mass is 354 g/mol. The van der Waals surface area contributed by atoms with E-state index in [1.54, 1.807) is 0 Å². The third kappa shape index (κ3) is 3.64. The molecule has 1 N–H and O–H groups in total. The second-order valence-electron chi connectivity index (χ2n) is 6.14. The highest BCUT2D eigenvalue weighted by atomic mass is 19.1. The molecular formula is C20H19FN2O3. The Morgan fingerprint density at radius 1 is 1.19 bits per heavy atom. The summed E-state index contributed by atoms with van der Waals surface area (Å²) in [5.74, 6) is -1.24. The van der Waals surface area contributed by atoms with Gasteiger partial charge in [-0.25, -0.2) is 14.2 Å². The van der Waals surface area contributed by atoms with Crippen LogP contribution in [-0.4, -0.2) is 24.0 Å². The topological polar surface area (TPSA) is 68.3 Å². The molecule has 1 amide bonds. The molecule has 0 bridgehead atoms. The largest absolute Gasteiger partial charge is 0.466 e. The van der Waals surface area contributed by atoms with Crippen LogP contribution < -0.4 is 5.32 Å². The Morgan fingerprint density at radius 2 is 2.00 bits per heavy atom. The minimum Gasteiger partial charge on any atom is -0.466 e. The Morgan fingerprint density at radius 3 is 2.69 bits per heavy atom. The van der Waals surface area contributed by atoms with Crippen LogP contribution in [0.25, 0.3) is 5.57 Å². The Balaban J connectivity index is 1.91. The van der Waals surface area contributed by atoms with Gasteiger partial charge < -0.3 is 10.1 Å². The summed E-state index contributed by atoms with van der Waals surface area (Å²) in [7, 11) is 1.38. The number of halogens is 1. The number of benzene rings is 1. The molecule has 0 fully saturated rings. The molecule has 26 heavy (non-hydrogen) atoms. The lowest BCUT2D eigenvalue weighted by Gasteiger charge is -2.12. The molecule has 0 saturated heterocycles. The number of hydrogen-bond donors (Lipinski definition) is 1. The van der Waals surface area contributed by atoms with E-state index in [0.717, 1.165) is 35.7 Å². The molecule has 6 heteroatoms. The minimum atomic E-state index is -0.498. The van der Waals surface area contributed by atoms with Crippen LogP contribution >= 0.6 is 0 Å². The molecule has 134 valence electrons. The molecule has 0 atom stereocenters. The van der Waals surface area contributed by atoms with Crippen LogP contribution in [0.15, 0.2) is 42.1 Å². The molecule has 0 spiro atoms. The third-order valence-corrected chi connectivity index (χ3v) is 4.49. The molecular weight excluding hydrogens is 335 g/mol. The lowest BCUT2D eigenvalue weighted by molar-refractivity contribution is -0.136. The van der Waals surface area contributed by atoms with Gasteiger partial charge in [0.1, 0.15) is 11.5 Å². The summed E-state index contributed by atoms with van der Waals surface area (Å²) in [6.07, 6.45) is 3.37. The number of amides is 1. The Bertz CT molecular complexity index is 888. The van der Waals surface area contributed by atoms with Crippen LogP contribution in [0.1, 0.15) is 41.4 Å². The summed E-state index contributed by atoms with van der Waals surface area (Å²) >= 11 is 0. The summed E-state index contributed by atoms with van der Waals surface area (Å²) in [5, 5.41) is 2.76. The number of aryl methyl sites for hydroxylation is 1. The van der Waals surface area contributed by atoms with Gasteiger partial charge in [0, 0.05) is 11.3 Å². The smallest absolute Gasteiger partial charge is 0.334 e. The van der Waals surface area contributed by atoms with Gasteiger partial charge in [-0.3, -0.25) is 4.79 Å². The molecule has 0 radical (unpaired) electrons. The number of ether oxygens (including phenoxy) is 1. The van der Waals surface area contributed by atoms with E-state index in [4.69, 9.17) is 4.74 Å². The summed E-state index contributed by atoms with van der Waals surface area (Å²) in [5.41, 5.74) is 4.29. The average Bonchev–Trinajstić information content (AvgIpc) is 2.81. The van der Waals surface area contributed by atoms with Gasteiger partial charge in [0.05, 0.1) is 13.3 Å². The van der Waals surface area contributed by atoms with Gasteiger partial charge in [-0.05, 0) is 67.2 Å². The highest BCUT2D eigenvalue weighted by molar-refractivity contribution is 6.03. The van der Waals surface area contributed by atoms with Gasteiger partial charge >= 0.3 is 5.97 Å². The molecule has 5 nitrogen and oxygen atoms in total. The molecule has 1 aliphatic rings. The maximum Gasteiger partial charge on any atom is 0.334 e. The Hall–Kier alpha value is -3.02. The quantitative estimate of drug-likeness (QED) is 0.852. The first kappa shape index (κ1) is 17.8. The number of anilines is 1. The molecule has 1 aromatic carbocycles. The summed E-state index contributed by atoms with van der Waals surface area (Å²) in [4.78, 5) is 28.1. The Labute approximate surface area is 150 Å². The van der Waals surface area contributed by atoms with Crippen molar-refractivity contribution in [1.82, 2.24) is 4.98 Å². The number of carbonyl (C=O) groups excluding carboxylic acids is 2. The van der Waals surface area contributed by atoms with E-state index < -0.39 is 11.7 Å². The molecule has 1 aromatic heterocycles. The molecule has 0 saturated carbocycles. The SMILES string of the molecule is COC(=O)C1=C(C)c2cc(NC(=O)c3ccc(F)cn3)ccc2CCC1. The molecule has 3 rings (SSSR count). The number of aromatic nitrogens is 1. The first-order valence-corrected chi connectivity index (χ1v) is 8.34. The van der Waals surface area contributed by atoms with E-state index in [0.29, 0.717) is 17.7 Å². The first-order valence-electron chi connectivity index (χ1n) is 8.34. The summed E-state index contributed by atoms with van der Waals surface area (Å²) < 4.78 is 17.8. The number of nitrogens with one attached hydrogen (secondary N) is 1. The minimum absolute atomic E-state index is 0.129. The number of allylic oxidation sites excluding steroid dienone is 1. The number of carbonyl (C=O) groups is 2. The van der Waals surface area contributed by atoms with Crippen molar-refractivity contribution in [3.8, 4) is 0 Å². The third-order valence-electron chi connectivity index (χ3n) is 4.49. The fraction of sp³-hybridized carbons (Fsp3) is 0.250. The highest BCUT2D eigenvalue weighted by Gasteiger charge is 2.20. The van der Waals surface area contributed by atoms with Crippen LogP contribution in [0.5, 0.6) is 0 Å². The van der Waals surface area contributed by atoms with Crippen molar-refractivity contribution in [1.29, 1.82) is 0 Å². The zero-order chi connectivity index (χ0) is 18.7. The van der Waals surface area contributed by atoms with Crippen LogP contribution in [0.4, 0.5) is 10.1 Å². The van der Waals surface area contributed by atoms with Gasteiger partial charge in [0.2, 0.25) is 0 Å². The van der Waals surface area contributed by atoms with Crippen molar-refractivity contribution in [2.24, 2.45) is 0 Å². The van der Waals surface area contributed by atoms with Gasteiger partial charge in [-0.1, -0.05) is 6.07 Å². The molecule has 1 heterocycles. The van der Waals surface area contributed by atoms with Crippen molar-refractivity contribution in [3.63, 3.8) is 0 Å². The average molecular weight is 354 g/mol. The van der Waals surface area contributed by atoms with Crippen molar-refractivity contribution in [2.45, 2.75) is 26.2 Å². The molecule has 1 aliphatic carbocycles. The van der Waals surface area contributed by atoms with Gasteiger partial charge in [-0.15, -0.1) is 0 Å². The van der Waals surface area contributed by atoms with E-state index in [1.165, 1.54) is 19.2 Å². The number of fused-ring (bicyclic) bond motifs is 1. The summed E-state index contributed by atoms with van der Waals surface area (Å²) in [6, 6.07) is 8.13. The van der Waals surface area contributed by atoms with Crippen LogP contribution in [0.3, 0.4) is 0 Å². The van der Waals surface area contributed by atoms with Crippen LogP contribution in [0.2, 0.25) is 0 Å². The summed E-state index contributed by atoms with van der Waals surface area (Å²) in [6.45, 7) is 1.89. The number of methoxy groups -OCH3 is 1. The Kier molecular flexibility index (Phi) is 5.11. The lowest BCUT2D eigenvalue weighted by Crippen LogP contribution is -2.14. The van der Waals surface area contributed by atoms with E-state index >= 15 is 0 Å². The van der Waals surface area contributed by atoms with E-state index in [9.17, 15) is 14.0 Å². The number of pyridine rings is 1. The second-order valence-corrected chi connectivity index (χ2v) is 6.14. The lowest BCUT2D eigenvalue weighted by atomic mass is 9.97. The molecule has 0 aliphatic heterocycles. The van der Waals surface area contributed by atoms with Crippen molar-refractivity contribution >= 4 is 23.1 Å². The van der Waals surface area contributed by atoms with E-state index in [1.807, 2.05) is 25.1 Å². The molecule has 2 aromatic rings. The number of hydrogen-bond acceptors (Lipinski definition) is 4. The number of nitrogens with zero attached hydrogens (tertiary/aromatic N) is 1. The van der Waals surface area contributed by atoms with Crippen molar-refractivity contribution in [2.75, 3.05) is 12.4 Å². The predicted octanol–water partition coefficient (Wildman–Crippen LogP) is 3.76. The van der Waals surface area contributed by atoms with Crippen LogP contribution in [0, 0.1) is 5.82 Å². The standard InChI is InChI=1S/C20H19FN2O3/c1-12-16(20(25)26-2)5-3-4-13-6-8-15(10-17(12)13)23-19(24)18-9-7-14(21)11-22-18/h6-11H,3-5H2,1-2H3,(H,23,24). The van der Waals surface area contributed by atoms with Crippen LogP contribution in [-0.2, 0) is 16.0 Å². The fourth-order valence-electron chi connectivity index (χ4n) is 3.11. The molecule has 0 unspecified atom stereocenters. The first-order chi connectivity index (χ1) is 12.5. The maximum atomic E-state index is 12.9. The number of rotatable bonds is 3. The fourth-order valence-corrected chi connectivity index (χ4v) is 3.11. The highest BCUT2D eigenvalue weighted by Crippen LogP contribution is 2.32. The van der Waals surface area contributed by atoms with E-state index in [2.05, 4.69) is 10.3 Å². The zero-order valence-electron chi connectivity index (χ0n) is 14.6. The number of esters is 1. The second kappa shape index (κ2) is 7.47. The van der Waals surface area contributed by atoms with Gasteiger partial charge in [-0.2, -0.15) is 0 Å². The van der Waals surface area contributed by atoms with E-state index in [-0.39, 0.29) is 11.7 Å². The normalized spacial score (nSPS) is 13.7. The van der Waals surface area contributed by atoms with Gasteiger partial charge in [0.25, 0.3) is 5.91 Å². The maximum absolute atomic E-state index is 12.9.